The fourth-order valence-electron chi connectivity index (χ4n) is 2.68. The molecule has 0 aliphatic carbocycles. The van der Waals surface area contributed by atoms with E-state index in [9.17, 15) is 22.8 Å². The van der Waals surface area contributed by atoms with Crippen LogP contribution >= 0.6 is 0 Å². The van der Waals surface area contributed by atoms with E-state index in [0.29, 0.717) is 11.6 Å². The maximum atomic E-state index is 14.4. The fourth-order valence-corrected chi connectivity index (χ4v) is 2.68. The van der Waals surface area contributed by atoms with Gasteiger partial charge >= 0.3 is 5.97 Å². The Bertz CT molecular complexity index is 1090. The fraction of sp³-hybridized carbons (Fsp3) is 0.158. The Balaban J connectivity index is 2.43. The molecule has 0 aliphatic rings. The van der Waals surface area contributed by atoms with Crippen LogP contribution in [0.2, 0.25) is 0 Å². The molecule has 1 heterocycles. The van der Waals surface area contributed by atoms with Gasteiger partial charge in [0, 0.05) is 12.3 Å². The highest BCUT2D eigenvalue weighted by Gasteiger charge is 2.20. The van der Waals surface area contributed by atoms with Crippen LogP contribution in [0.25, 0.3) is 16.6 Å². The van der Waals surface area contributed by atoms with Crippen molar-refractivity contribution in [2.45, 2.75) is 13.8 Å². The second-order valence-electron chi connectivity index (χ2n) is 5.70. The van der Waals surface area contributed by atoms with Crippen LogP contribution < -0.4 is 5.43 Å². The topological polar surface area (TPSA) is 48.3 Å². The van der Waals surface area contributed by atoms with E-state index >= 15 is 0 Å². The standard InChI is InChI=1S/C19H14F3NO3/c1-3-26-19(25)12-9-23(16-5-4-10(2)6-15(16)22)17-8-14(21)13(20)7-11(17)18(12)24/h4-9H,3H2,1-2H3. The van der Waals surface area contributed by atoms with Crippen LogP contribution in [-0.2, 0) is 4.74 Å². The molecule has 3 rings (SSSR count). The third kappa shape index (κ3) is 2.96. The predicted molar refractivity (Wildman–Crippen MR) is 90.1 cm³/mol. The number of benzene rings is 2. The Hall–Kier alpha value is -3.09. The summed E-state index contributed by atoms with van der Waals surface area (Å²) in [6, 6.07) is 5.78. The number of halogens is 3. The van der Waals surface area contributed by atoms with Crippen LogP contribution in [0.4, 0.5) is 13.2 Å². The van der Waals surface area contributed by atoms with Crippen molar-refractivity contribution in [3.63, 3.8) is 0 Å². The summed E-state index contributed by atoms with van der Waals surface area (Å²) in [5.41, 5.74) is -0.646. The van der Waals surface area contributed by atoms with Gasteiger partial charge < -0.3 is 9.30 Å². The molecule has 0 fully saturated rings. The van der Waals surface area contributed by atoms with Gasteiger partial charge in [-0.25, -0.2) is 18.0 Å². The average molecular weight is 361 g/mol. The molecule has 134 valence electrons. The van der Waals surface area contributed by atoms with E-state index < -0.39 is 34.4 Å². The molecule has 0 radical (unpaired) electrons. The molecule has 0 N–H and O–H groups in total. The maximum absolute atomic E-state index is 14.4. The molecule has 1 aromatic heterocycles. The summed E-state index contributed by atoms with van der Waals surface area (Å²) in [4.78, 5) is 24.6. The monoisotopic (exact) mass is 361 g/mol. The third-order valence-electron chi connectivity index (χ3n) is 3.90. The van der Waals surface area contributed by atoms with E-state index in [1.165, 1.54) is 12.1 Å². The van der Waals surface area contributed by atoms with Crippen molar-refractivity contribution in [1.82, 2.24) is 4.57 Å². The van der Waals surface area contributed by atoms with Gasteiger partial charge in [0.25, 0.3) is 0 Å². The zero-order valence-corrected chi connectivity index (χ0v) is 14.0. The Morgan fingerprint density at radius 3 is 2.42 bits per heavy atom. The van der Waals surface area contributed by atoms with Crippen LogP contribution in [0.15, 0.2) is 41.3 Å². The Morgan fingerprint density at radius 2 is 1.77 bits per heavy atom. The summed E-state index contributed by atoms with van der Waals surface area (Å²) in [6.45, 7) is 3.27. The lowest BCUT2D eigenvalue weighted by molar-refractivity contribution is 0.0524. The number of carbonyl (C=O) groups excluding carboxylic acids is 1. The number of ether oxygens (including phenoxy) is 1. The van der Waals surface area contributed by atoms with E-state index in [-0.39, 0.29) is 23.2 Å². The van der Waals surface area contributed by atoms with E-state index in [1.807, 2.05) is 0 Å². The molecule has 0 aliphatic heterocycles. The number of fused-ring (bicyclic) bond motifs is 1. The largest absolute Gasteiger partial charge is 0.462 e. The van der Waals surface area contributed by atoms with Crippen molar-refractivity contribution in [3.8, 4) is 5.69 Å². The van der Waals surface area contributed by atoms with Crippen LogP contribution in [0, 0.1) is 24.4 Å². The molecule has 7 heteroatoms. The van der Waals surface area contributed by atoms with Gasteiger partial charge in [-0.2, -0.15) is 0 Å². The number of hydrogen-bond donors (Lipinski definition) is 0. The quantitative estimate of drug-likeness (QED) is 0.665. The Labute approximate surface area is 146 Å². The first-order chi connectivity index (χ1) is 12.3. The molecule has 4 nitrogen and oxygen atoms in total. The van der Waals surface area contributed by atoms with Gasteiger partial charge in [-0.05, 0) is 37.6 Å². The predicted octanol–water partition coefficient (Wildman–Crippen LogP) is 3.89. The van der Waals surface area contributed by atoms with Gasteiger partial charge in [0.2, 0.25) is 5.43 Å². The minimum Gasteiger partial charge on any atom is -0.462 e. The van der Waals surface area contributed by atoms with Crippen molar-refractivity contribution in [3.05, 3.63) is 75.3 Å². The Morgan fingerprint density at radius 1 is 1.08 bits per heavy atom. The van der Waals surface area contributed by atoms with Crippen LogP contribution in [0.1, 0.15) is 22.8 Å². The molecule has 0 unspecified atom stereocenters. The van der Waals surface area contributed by atoms with Gasteiger partial charge in [0.05, 0.1) is 23.2 Å². The molecule has 2 aromatic carbocycles. The Kier molecular flexibility index (Phi) is 4.54. The molecule has 3 aromatic rings. The summed E-state index contributed by atoms with van der Waals surface area (Å²) in [5.74, 6) is -4.01. The van der Waals surface area contributed by atoms with Gasteiger partial charge in [0.15, 0.2) is 11.6 Å². The maximum Gasteiger partial charge on any atom is 0.343 e. The number of carbonyl (C=O) groups is 1. The lowest BCUT2D eigenvalue weighted by Crippen LogP contribution is -2.21. The number of rotatable bonds is 3. The van der Waals surface area contributed by atoms with Gasteiger partial charge in [-0.1, -0.05) is 6.07 Å². The lowest BCUT2D eigenvalue weighted by Gasteiger charge is -2.14. The highest BCUT2D eigenvalue weighted by Crippen LogP contribution is 2.23. The van der Waals surface area contributed by atoms with Gasteiger partial charge in [-0.15, -0.1) is 0 Å². The molecule has 0 saturated heterocycles. The first kappa shape index (κ1) is 17.7. The van der Waals surface area contributed by atoms with Crippen molar-refractivity contribution >= 4 is 16.9 Å². The number of aryl methyl sites for hydroxylation is 1. The number of esters is 1. The highest BCUT2D eigenvalue weighted by molar-refractivity contribution is 5.94. The minimum atomic E-state index is -1.24. The first-order valence-corrected chi connectivity index (χ1v) is 7.81. The molecular weight excluding hydrogens is 347 g/mol. The molecule has 0 bridgehead atoms. The van der Waals surface area contributed by atoms with Crippen molar-refractivity contribution in [2.24, 2.45) is 0 Å². The SMILES string of the molecule is CCOC(=O)c1cn(-c2ccc(C)cc2F)c2cc(F)c(F)cc2c1=O. The summed E-state index contributed by atoms with van der Waals surface area (Å²) in [6.07, 6.45) is 1.08. The second kappa shape index (κ2) is 6.67. The number of nitrogens with zero attached hydrogens (tertiary/aromatic N) is 1. The van der Waals surface area contributed by atoms with Crippen molar-refractivity contribution in [2.75, 3.05) is 6.61 Å². The number of hydrogen-bond acceptors (Lipinski definition) is 3. The van der Waals surface area contributed by atoms with E-state index in [4.69, 9.17) is 4.74 Å². The molecular formula is C19H14F3NO3. The molecule has 0 spiro atoms. The molecule has 0 atom stereocenters. The lowest BCUT2D eigenvalue weighted by atomic mass is 10.1. The number of aromatic nitrogens is 1. The minimum absolute atomic E-state index is 0.0165. The average Bonchev–Trinajstić information content (AvgIpc) is 2.58. The normalized spacial score (nSPS) is 11.0. The smallest absolute Gasteiger partial charge is 0.343 e. The summed E-state index contributed by atoms with van der Waals surface area (Å²) >= 11 is 0. The van der Waals surface area contributed by atoms with Crippen molar-refractivity contribution in [1.29, 1.82) is 0 Å². The zero-order chi connectivity index (χ0) is 19.0. The van der Waals surface area contributed by atoms with Gasteiger partial charge in [0.1, 0.15) is 11.4 Å². The summed E-state index contributed by atoms with van der Waals surface area (Å²) in [5, 5.41) is -0.255. The second-order valence-corrected chi connectivity index (χ2v) is 5.70. The number of pyridine rings is 1. The van der Waals surface area contributed by atoms with E-state index in [1.54, 1.807) is 19.9 Å². The van der Waals surface area contributed by atoms with Crippen molar-refractivity contribution < 1.29 is 22.7 Å². The highest BCUT2D eigenvalue weighted by atomic mass is 19.2. The van der Waals surface area contributed by atoms with Crippen LogP contribution in [0.5, 0.6) is 0 Å². The molecule has 0 saturated carbocycles. The molecule has 26 heavy (non-hydrogen) atoms. The third-order valence-corrected chi connectivity index (χ3v) is 3.90. The van der Waals surface area contributed by atoms with Crippen LogP contribution in [-0.4, -0.2) is 17.1 Å². The zero-order valence-electron chi connectivity index (χ0n) is 14.0. The van der Waals surface area contributed by atoms with Crippen LogP contribution in [0.3, 0.4) is 0 Å². The van der Waals surface area contributed by atoms with E-state index in [2.05, 4.69) is 0 Å². The van der Waals surface area contributed by atoms with Gasteiger partial charge in [-0.3, -0.25) is 4.79 Å². The summed E-state index contributed by atoms with van der Waals surface area (Å²) in [7, 11) is 0. The molecule has 0 amide bonds. The van der Waals surface area contributed by atoms with E-state index in [0.717, 1.165) is 16.8 Å². The first-order valence-electron chi connectivity index (χ1n) is 7.81. The summed E-state index contributed by atoms with van der Waals surface area (Å²) < 4.78 is 47.8.